The van der Waals surface area contributed by atoms with Gasteiger partial charge in [-0.1, -0.05) is 0 Å². The first-order valence-corrected chi connectivity index (χ1v) is 5.18. The Morgan fingerprint density at radius 3 is 0.864 bits per heavy atom. The number of hydrogen-bond acceptors (Lipinski definition) is 10. The normalized spacial score (nSPS) is 27.8. The Morgan fingerprint density at radius 1 is 0.591 bits per heavy atom. The van der Waals surface area contributed by atoms with Crippen LogP contribution in [-0.4, -0.2) is 67.0 Å². The zero-order chi connectivity index (χ0) is 17.2. The van der Waals surface area contributed by atoms with E-state index in [1.807, 2.05) is 0 Å². The van der Waals surface area contributed by atoms with E-state index in [1.54, 1.807) is 0 Å². The third-order valence-electron chi connectivity index (χ3n) is 2.86. The Balaban J connectivity index is 3.61. The SMILES string of the molecule is O=CN1C([N+](=O)[O-])C([N+](=O)[O-])N(C=O)C([N+](=O)[O-])C1[N+](=O)[O-]. The van der Waals surface area contributed by atoms with Crippen LogP contribution in [0.2, 0.25) is 0 Å². The van der Waals surface area contributed by atoms with E-state index in [-0.39, 0.29) is 9.80 Å². The van der Waals surface area contributed by atoms with E-state index in [1.165, 1.54) is 0 Å². The lowest BCUT2D eigenvalue weighted by Gasteiger charge is -2.36. The molecule has 1 saturated heterocycles. The number of piperazine rings is 1. The van der Waals surface area contributed by atoms with E-state index >= 15 is 0 Å². The highest BCUT2D eigenvalue weighted by molar-refractivity contribution is 5.52. The van der Waals surface area contributed by atoms with Crippen LogP contribution in [0.3, 0.4) is 0 Å². The molecule has 4 atom stereocenters. The molecule has 0 N–H and O–H groups in total. The number of carbonyl (C=O) groups excluding carboxylic acids is 2. The number of nitrogens with zero attached hydrogens (tertiary/aromatic N) is 6. The largest absolute Gasteiger partial charge is 0.381 e. The number of carbonyl (C=O) groups is 2. The summed E-state index contributed by atoms with van der Waals surface area (Å²) in [6.45, 7) is 0. The molecular weight excluding hydrogens is 316 g/mol. The lowest BCUT2D eigenvalue weighted by atomic mass is 10.1. The molecule has 1 rings (SSSR count). The molecule has 0 spiro atoms. The Kier molecular flexibility index (Phi) is 4.44. The van der Waals surface area contributed by atoms with Crippen LogP contribution in [0.1, 0.15) is 0 Å². The molecule has 120 valence electrons. The average molecular weight is 322 g/mol. The highest BCUT2D eigenvalue weighted by atomic mass is 16.7. The first-order valence-electron chi connectivity index (χ1n) is 5.18. The van der Waals surface area contributed by atoms with Gasteiger partial charge in [0.15, 0.2) is 0 Å². The van der Waals surface area contributed by atoms with Gasteiger partial charge in [0.2, 0.25) is 12.8 Å². The number of nitro groups is 4. The van der Waals surface area contributed by atoms with Gasteiger partial charge in [-0.3, -0.25) is 50.0 Å². The molecule has 22 heavy (non-hydrogen) atoms. The molecule has 0 aliphatic carbocycles. The Hall–Kier alpha value is -3.46. The fourth-order valence-electron chi connectivity index (χ4n) is 2.05. The molecule has 1 fully saturated rings. The van der Waals surface area contributed by atoms with E-state index in [2.05, 4.69) is 0 Å². The van der Waals surface area contributed by atoms with E-state index in [0.29, 0.717) is 0 Å². The van der Waals surface area contributed by atoms with Crippen molar-refractivity contribution in [1.29, 1.82) is 0 Å². The van der Waals surface area contributed by atoms with Crippen LogP contribution in [0, 0.1) is 40.5 Å². The summed E-state index contributed by atoms with van der Waals surface area (Å²) in [6, 6.07) is 0. The predicted molar refractivity (Wildman–Crippen MR) is 58.9 cm³/mol. The van der Waals surface area contributed by atoms with Crippen LogP contribution in [0.5, 0.6) is 0 Å². The second-order valence-corrected chi connectivity index (χ2v) is 3.90. The van der Waals surface area contributed by atoms with E-state index in [4.69, 9.17) is 0 Å². The van der Waals surface area contributed by atoms with Crippen molar-refractivity contribution in [1.82, 2.24) is 9.80 Å². The summed E-state index contributed by atoms with van der Waals surface area (Å²) in [4.78, 5) is 59.2. The van der Waals surface area contributed by atoms with Crippen molar-refractivity contribution in [3.05, 3.63) is 40.5 Å². The molecule has 0 bridgehead atoms. The maximum absolute atomic E-state index is 10.9. The Morgan fingerprint density at radius 2 is 0.773 bits per heavy atom. The van der Waals surface area contributed by atoms with Gasteiger partial charge < -0.3 is 0 Å². The van der Waals surface area contributed by atoms with Crippen LogP contribution in [0.15, 0.2) is 0 Å². The standard InChI is InChI=1S/C6H6N6O10/c13-1-7-3(9(15)16)5(11(19)20)8(2-14)6(12(21)22)4(7)10(17)18/h1-6H. The fourth-order valence-corrected chi connectivity index (χ4v) is 2.05. The minimum Gasteiger partial charge on any atom is -0.278 e. The second-order valence-electron chi connectivity index (χ2n) is 3.90. The molecule has 0 radical (unpaired) electrons. The second kappa shape index (κ2) is 5.89. The van der Waals surface area contributed by atoms with Crippen LogP contribution in [0.4, 0.5) is 0 Å². The molecule has 0 aromatic carbocycles. The lowest BCUT2D eigenvalue weighted by Crippen LogP contribution is -2.74. The molecule has 0 saturated carbocycles. The minimum absolute atomic E-state index is 0.263. The third-order valence-corrected chi connectivity index (χ3v) is 2.86. The smallest absolute Gasteiger partial charge is 0.278 e. The summed E-state index contributed by atoms with van der Waals surface area (Å²) in [5, 5.41) is 43.6. The summed E-state index contributed by atoms with van der Waals surface area (Å²) < 4.78 is 0. The van der Waals surface area contributed by atoms with Gasteiger partial charge in [0.25, 0.3) is 0 Å². The average Bonchev–Trinajstić information content (AvgIpc) is 2.42. The fraction of sp³-hybridized carbons (Fsp3) is 0.667. The van der Waals surface area contributed by atoms with E-state index in [9.17, 15) is 50.0 Å². The Bertz CT molecular complexity index is 462. The van der Waals surface area contributed by atoms with Crippen molar-refractivity contribution < 1.29 is 29.3 Å². The zero-order valence-corrected chi connectivity index (χ0v) is 10.2. The predicted octanol–water partition coefficient (Wildman–Crippen LogP) is -2.67. The summed E-state index contributed by atoms with van der Waals surface area (Å²) >= 11 is 0. The van der Waals surface area contributed by atoms with E-state index < -0.39 is 57.2 Å². The molecule has 0 aromatic rings. The van der Waals surface area contributed by atoms with Crippen LogP contribution < -0.4 is 0 Å². The Labute approximate surface area is 118 Å². The summed E-state index contributed by atoms with van der Waals surface area (Å²) in [6.07, 6.45) is -11.5. The molecule has 1 heterocycles. The van der Waals surface area contributed by atoms with Gasteiger partial charge in [0.05, 0.1) is 19.7 Å². The van der Waals surface area contributed by atoms with Crippen LogP contribution >= 0.6 is 0 Å². The van der Waals surface area contributed by atoms with Crippen molar-refractivity contribution in [3.63, 3.8) is 0 Å². The van der Waals surface area contributed by atoms with Gasteiger partial charge in [-0.25, -0.2) is 9.80 Å². The van der Waals surface area contributed by atoms with Gasteiger partial charge in [0.1, 0.15) is 0 Å². The molecule has 16 heteroatoms. The minimum atomic E-state index is -2.65. The van der Waals surface area contributed by atoms with Gasteiger partial charge in [0, 0.05) is 0 Å². The van der Waals surface area contributed by atoms with Crippen molar-refractivity contribution in [2.45, 2.75) is 24.7 Å². The number of hydrogen-bond donors (Lipinski definition) is 0. The number of rotatable bonds is 6. The van der Waals surface area contributed by atoms with Gasteiger partial charge in [-0.05, 0) is 0 Å². The number of amides is 2. The molecule has 16 nitrogen and oxygen atoms in total. The molecule has 0 aromatic heterocycles. The van der Waals surface area contributed by atoms with Crippen molar-refractivity contribution in [2.75, 3.05) is 0 Å². The highest BCUT2D eigenvalue weighted by Crippen LogP contribution is 2.26. The van der Waals surface area contributed by atoms with Crippen molar-refractivity contribution in [3.8, 4) is 0 Å². The maximum Gasteiger partial charge on any atom is 0.381 e. The topological polar surface area (TPSA) is 213 Å². The molecule has 1 aliphatic rings. The van der Waals surface area contributed by atoms with E-state index in [0.717, 1.165) is 0 Å². The molecule has 2 amide bonds. The molecular formula is C6H6N6O10. The van der Waals surface area contributed by atoms with Gasteiger partial charge in [-0.2, -0.15) is 0 Å². The maximum atomic E-state index is 10.9. The summed E-state index contributed by atoms with van der Waals surface area (Å²) in [5.74, 6) is 0. The summed E-state index contributed by atoms with van der Waals surface area (Å²) in [7, 11) is 0. The van der Waals surface area contributed by atoms with Crippen molar-refractivity contribution >= 4 is 12.8 Å². The lowest BCUT2D eigenvalue weighted by molar-refractivity contribution is -0.725. The molecule has 4 unspecified atom stereocenters. The van der Waals surface area contributed by atoms with Crippen LogP contribution in [0.25, 0.3) is 0 Å². The third kappa shape index (κ3) is 2.43. The first-order chi connectivity index (χ1) is 10.2. The highest BCUT2D eigenvalue weighted by Gasteiger charge is 2.69. The first kappa shape index (κ1) is 16.6. The summed E-state index contributed by atoms with van der Waals surface area (Å²) in [5.41, 5.74) is 0. The zero-order valence-electron chi connectivity index (χ0n) is 10.2. The molecule has 1 aliphatic heterocycles. The quantitative estimate of drug-likeness (QED) is 0.280. The van der Waals surface area contributed by atoms with Gasteiger partial charge >= 0.3 is 24.7 Å². The monoisotopic (exact) mass is 322 g/mol. The van der Waals surface area contributed by atoms with Gasteiger partial charge in [-0.15, -0.1) is 0 Å². The van der Waals surface area contributed by atoms with Crippen LogP contribution in [-0.2, 0) is 9.59 Å². The van der Waals surface area contributed by atoms with Crippen molar-refractivity contribution in [2.24, 2.45) is 0 Å².